The molecule has 0 fully saturated rings. The quantitative estimate of drug-likeness (QED) is 0.604. The minimum absolute atomic E-state index is 0.0815. The highest BCUT2D eigenvalue weighted by Gasteiger charge is 2.28. The summed E-state index contributed by atoms with van der Waals surface area (Å²) in [4.78, 5) is 16.8. The van der Waals surface area contributed by atoms with Crippen molar-refractivity contribution in [3.8, 4) is 22.7 Å². The van der Waals surface area contributed by atoms with Gasteiger partial charge in [0.05, 0.1) is 23.3 Å². The Morgan fingerprint density at radius 1 is 1.21 bits per heavy atom. The lowest BCUT2D eigenvalue weighted by molar-refractivity contribution is -0.153. The summed E-state index contributed by atoms with van der Waals surface area (Å²) >= 11 is 0. The van der Waals surface area contributed by atoms with E-state index in [0.29, 0.717) is 5.56 Å². The zero-order valence-corrected chi connectivity index (χ0v) is 15.8. The smallest absolute Gasteiger partial charge is 0.422 e. The third kappa shape index (κ3) is 4.65. The van der Waals surface area contributed by atoms with E-state index in [1.54, 1.807) is 0 Å². The van der Waals surface area contributed by atoms with Gasteiger partial charge in [0.15, 0.2) is 6.61 Å². The Morgan fingerprint density at radius 3 is 2.45 bits per heavy atom. The molecule has 3 aromatic rings. The third-order valence-electron chi connectivity index (χ3n) is 3.84. The summed E-state index contributed by atoms with van der Waals surface area (Å²) in [5.41, 5.74) is -0.00494. The van der Waals surface area contributed by atoms with Crippen molar-refractivity contribution in [2.45, 2.75) is 18.3 Å². The van der Waals surface area contributed by atoms with Gasteiger partial charge in [-0.1, -0.05) is 6.92 Å². The van der Waals surface area contributed by atoms with Crippen molar-refractivity contribution in [2.75, 3.05) is 12.4 Å². The first kappa shape index (κ1) is 20.6. The van der Waals surface area contributed by atoms with Gasteiger partial charge in [-0.25, -0.2) is 13.4 Å². The topological polar surface area (TPSA) is 107 Å². The number of nitrogens with zero attached hydrogens (tertiary/aromatic N) is 3. The number of hydrogen-bond acceptors (Lipinski definition) is 6. The third-order valence-corrected chi connectivity index (χ3v) is 5.43. The summed E-state index contributed by atoms with van der Waals surface area (Å²) in [6.07, 6.45) is -1.65. The second kappa shape index (κ2) is 7.70. The minimum Gasteiger partial charge on any atom is -0.484 e. The van der Waals surface area contributed by atoms with E-state index in [9.17, 15) is 26.4 Å². The summed E-state index contributed by atoms with van der Waals surface area (Å²) in [6.45, 7) is -0.0624. The van der Waals surface area contributed by atoms with Gasteiger partial charge >= 0.3 is 6.18 Å². The van der Waals surface area contributed by atoms with Gasteiger partial charge in [0, 0.05) is 17.8 Å². The Labute approximate surface area is 162 Å². The van der Waals surface area contributed by atoms with E-state index in [1.165, 1.54) is 43.6 Å². The zero-order valence-electron chi connectivity index (χ0n) is 15.0. The SMILES string of the molecule is CCS(=O)(=O)c1nc(-c2cn[nH]c2)cc(=O)n1-c1ccc(OCC(F)(F)F)cc1. The summed E-state index contributed by atoms with van der Waals surface area (Å²) in [5.74, 6) is -0.386. The fourth-order valence-corrected chi connectivity index (χ4v) is 3.40. The Balaban J connectivity index is 2.08. The number of rotatable bonds is 6. The largest absolute Gasteiger partial charge is 0.484 e. The molecule has 0 saturated carbocycles. The summed E-state index contributed by atoms with van der Waals surface area (Å²) in [5, 5.41) is 5.82. The van der Waals surface area contributed by atoms with Gasteiger partial charge in [-0.2, -0.15) is 18.3 Å². The van der Waals surface area contributed by atoms with Gasteiger partial charge in [0.25, 0.3) is 5.56 Å². The van der Waals surface area contributed by atoms with Crippen LogP contribution in [0.5, 0.6) is 5.75 Å². The van der Waals surface area contributed by atoms with Crippen LogP contribution in [0, 0.1) is 0 Å². The fourth-order valence-electron chi connectivity index (χ4n) is 2.43. The molecule has 2 heterocycles. The van der Waals surface area contributed by atoms with Crippen LogP contribution in [0.3, 0.4) is 0 Å². The molecule has 0 spiro atoms. The van der Waals surface area contributed by atoms with E-state index in [4.69, 9.17) is 0 Å². The van der Waals surface area contributed by atoms with Crippen molar-refractivity contribution in [2.24, 2.45) is 0 Å². The maximum absolute atomic E-state index is 12.7. The molecule has 154 valence electrons. The molecule has 0 bridgehead atoms. The fraction of sp³-hybridized carbons (Fsp3) is 0.235. The highest BCUT2D eigenvalue weighted by molar-refractivity contribution is 7.91. The maximum atomic E-state index is 12.7. The van der Waals surface area contributed by atoms with Crippen molar-refractivity contribution < 1.29 is 26.3 Å². The second-order valence-electron chi connectivity index (χ2n) is 5.89. The molecule has 0 aliphatic carbocycles. The van der Waals surface area contributed by atoms with Crippen LogP contribution >= 0.6 is 0 Å². The van der Waals surface area contributed by atoms with E-state index >= 15 is 0 Å². The molecular weight excluding hydrogens is 413 g/mol. The van der Waals surface area contributed by atoms with Crippen LogP contribution in [0.2, 0.25) is 0 Å². The molecule has 8 nitrogen and oxygen atoms in total. The molecule has 0 amide bonds. The van der Waals surface area contributed by atoms with Crippen LogP contribution in [0.4, 0.5) is 13.2 Å². The number of hydrogen-bond donors (Lipinski definition) is 1. The molecule has 1 N–H and O–H groups in total. The second-order valence-corrected chi connectivity index (χ2v) is 8.06. The number of ether oxygens (including phenoxy) is 1. The standard InChI is InChI=1S/C17H15F3N4O4S/c1-2-29(26,27)16-23-14(11-8-21-22-9-11)7-15(25)24(16)12-3-5-13(6-4-12)28-10-17(18,19)20/h3-9H,2,10H2,1H3,(H,21,22). The Hall–Kier alpha value is -3.15. The number of nitrogens with one attached hydrogen (secondary N) is 1. The van der Waals surface area contributed by atoms with Gasteiger partial charge in [0.2, 0.25) is 15.0 Å². The lowest BCUT2D eigenvalue weighted by Crippen LogP contribution is -2.26. The number of aromatic nitrogens is 4. The maximum Gasteiger partial charge on any atom is 0.422 e. The van der Waals surface area contributed by atoms with E-state index in [1.807, 2.05) is 0 Å². The molecule has 2 aromatic heterocycles. The monoisotopic (exact) mass is 428 g/mol. The Kier molecular flexibility index (Phi) is 5.46. The number of alkyl halides is 3. The van der Waals surface area contributed by atoms with Crippen LogP contribution < -0.4 is 10.3 Å². The van der Waals surface area contributed by atoms with Gasteiger partial charge < -0.3 is 4.74 Å². The lowest BCUT2D eigenvalue weighted by Gasteiger charge is -2.14. The summed E-state index contributed by atoms with van der Waals surface area (Å²) < 4.78 is 67.4. The number of H-pyrrole nitrogens is 1. The van der Waals surface area contributed by atoms with Crippen LogP contribution in [-0.2, 0) is 9.84 Å². The number of halogens is 3. The van der Waals surface area contributed by atoms with E-state index in [-0.39, 0.29) is 22.9 Å². The van der Waals surface area contributed by atoms with E-state index < -0.39 is 33.3 Å². The highest BCUT2D eigenvalue weighted by atomic mass is 32.2. The molecule has 1 aromatic carbocycles. The summed E-state index contributed by atoms with van der Waals surface area (Å²) in [6, 6.07) is 6.12. The molecule has 29 heavy (non-hydrogen) atoms. The van der Waals surface area contributed by atoms with E-state index in [0.717, 1.165) is 10.6 Å². The van der Waals surface area contributed by atoms with Crippen molar-refractivity contribution in [1.29, 1.82) is 0 Å². The van der Waals surface area contributed by atoms with Crippen molar-refractivity contribution in [1.82, 2.24) is 19.7 Å². The average molecular weight is 428 g/mol. The summed E-state index contributed by atoms with van der Waals surface area (Å²) in [7, 11) is -3.91. The first-order valence-electron chi connectivity index (χ1n) is 8.27. The molecular formula is C17H15F3N4O4S. The van der Waals surface area contributed by atoms with Crippen molar-refractivity contribution in [3.05, 3.63) is 53.1 Å². The Bertz CT molecular complexity index is 1150. The normalized spacial score (nSPS) is 12.1. The zero-order chi connectivity index (χ0) is 21.2. The predicted octanol–water partition coefficient (Wildman–Crippen LogP) is 2.36. The molecule has 0 atom stereocenters. The number of benzene rings is 1. The van der Waals surface area contributed by atoms with Crippen LogP contribution in [-0.4, -0.2) is 46.7 Å². The van der Waals surface area contributed by atoms with Gasteiger partial charge in [-0.05, 0) is 24.3 Å². The molecule has 0 saturated heterocycles. The lowest BCUT2D eigenvalue weighted by atomic mass is 10.2. The highest BCUT2D eigenvalue weighted by Crippen LogP contribution is 2.22. The Morgan fingerprint density at radius 2 is 1.90 bits per heavy atom. The van der Waals surface area contributed by atoms with Crippen molar-refractivity contribution >= 4 is 9.84 Å². The molecule has 12 heteroatoms. The first-order valence-corrected chi connectivity index (χ1v) is 9.92. The van der Waals surface area contributed by atoms with Gasteiger partial charge in [0.1, 0.15) is 5.75 Å². The minimum atomic E-state index is -4.50. The first-order chi connectivity index (χ1) is 13.6. The average Bonchev–Trinajstić information content (AvgIpc) is 3.20. The molecule has 0 unspecified atom stereocenters. The van der Waals surface area contributed by atoms with Gasteiger partial charge in [-0.15, -0.1) is 0 Å². The van der Waals surface area contributed by atoms with Crippen LogP contribution in [0.15, 0.2) is 52.7 Å². The van der Waals surface area contributed by atoms with Crippen LogP contribution in [0.1, 0.15) is 6.92 Å². The molecule has 0 radical (unpaired) electrons. The van der Waals surface area contributed by atoms with Gasteiger partial charge in [-0.3, -0.25) is 14.5 Å². The van der Waals surface area contributed by atoms with Crippen LogP contribution in [0.25, 0.3) is 16.9 Å². The molecule has 0 aliphatic heterocycles. The van der Waals surface area contributed by atoms with E-state index in [2.05, 4.69) is 19.9 Å². The number of aromatic amines is 1. The molecule has 3 rings (SSSR count). The number of sulfone groups is 1. The predicted molar refractivity (Wildman–Crippen MR) is 96.7 cm³/mol. The van der Waals surface area contributed by atoms with Crippen molar-refractivity contribution in [3.63, 3.8) is 0 Å². The molecule has 0 aliphatic rings.